The highest BCUT2D eigenvalue weighted by Crippen LogP contribution is 2.63. The largest absolute Gasteiger partial charge is 0.394 e. The topological polar surface area (TPSA) is 111 Å². The van der Waals surface area contributed by atoms with Gasteiger partial charge in [0.25, 0.3) is 0 Å². The fourth-order valence-electron chi connectivity index (χ4n) is 7.17. The van der Waals surface area contributed by atoms with E-state index in [1.54, 1.807) is 12.1 Å². The Hall–Kier alpha value is -3.43. The van der Waals surface area contributed by atoms with Crippen LogP contribution in [0.1, 0.15) is 47.0 Å². The van der Waals surface area contributed by atoms with Crippen LogP contribution in [-0.4, -0.2) is 70.7 Å². The van der Waals surface area contributed by atoms with Crippen LogP contribution in [0.25, 0.3) is 0 Å². The number of anilines is 3. The fourth-order valence-corrected chi connectivity index (χ4v) is 7.17. The quantitative estimate of drug-likeness (QED) is 0.418. The van der Waals surface area contributed by atoms with E-state index < -0.39 is 35.1 Å². The number of aliphatic hydroxyl groups excluding tert-OH is 1. The van der Waals surface area contributed by atoms with Crippen LogP contribution in [-0.2, 0) is 19.1 Å². The maximum Gasteiger partial charge on any atom is 0.250 e. The number of carbonyl (C=O) groups is 3. The predicted octanol–water partition coefficient (Wildman–Crippen LogP) is 3.65. The van der Waals surface area contributed by atoms with Gasteiger partial charge in [-0.25, -0.2) is 0 Å². The molecule has 3 heterocycles. The highest BCUT2D eigenvalue weighted by atomic mass is 16.5. The van der Waals surface area contributed by atoms with Gasteiger partial charge in [0.15, 0.2) is 0 Å². The van der Waals surface area contributed by atoms with Gasteiger partial charge in [-0.15, -0.1) is 0 Å². The second kappa shape index (κ2) is 10.9. The molecule has 3 N–H and O–H groups in total. The molecule has 3 aliphatic heterocycles. The van der Waals surface area contributed by atoms with Crippen LogP contribution in [0.4, 0.5) is 17.1 Å². The van der Waals surface area contributed by atoms with Gasteiger partial charge < -0.3 is 30.3 Å². The van der Waals surface area contributed by atoms with Crippen molar-refractivity contribution in [3.8, 4) is 0 Å². The number of fused-ring (bicyclic) bond motifs is 1. The van der Waals surface area contributed by atoms with Crippen molar-refractivity contribution in [2.75, 3.05) is 35.2 Å². The van der Waals surface area contributed by atoms with Crippen LogP contribution in [0.5, 0.6) is 0 Å². The molecule has 3 saturated heterocycles. The first-order chi connectivity index (χ1) is 19.2. The number of nitrogens with zero attached hydrogens (tertiary/aromatic N) is 2. The molecule has 5 rings (SSSR count). The molecule has 3 fully saturated rings. The third-order valence-electron chi connectivity index (χ3n) is 9.13. The summed E-state index contributed by atoms with van der Waals surface area (Å²) in [4.78, 5) is 45.6. The molecule has 3 amide bonds. The Balaban J connectivity index is 1.48. The average molecular weight is 549 g/mol. The van der Waals surface area contributed by atoms with Crippen LogP contribution in [0, 0.1) is 11.8 Å². The van der Waals surface area contributed by atoms with Crippen LogP contribution < -0.4 is 15.5 Å². The van der Waals surface area contributed by atoms with Gasteiger partial charge in [-0.2, -0.15) is 0 Å². The van der Waals surface area contributed by atoms with E-state index in [0.717, 1.165) is 18.8 Å². The number of para-hydroxylation sites is 1. The third-order valence-corrected chi connectivity index (χ3v) is 9.13. The van der Waals surface area contributed by atoms with Gasteiger partial charge in [-0.3, -0.25) is 14.4 Å². The van der Waals surface area contributed by atoms with Crippen molar-refractivity contribution in [2.45, 2.75) is 70.2 Å². The SMILES string of the molecule is CC[C@@H](CO)N1C(=O)[C@@H]2[C@H](C(=O)Nc3ccccc3)[C@]3(C)CCC2(O3)C1C(=O)Nc1ccc(N(CC)CC)cc1. The van der Waals surface area contributed by atoms with Crippen molar-refractivity contribution >= 4 is 34.8 Å². The van der Waals surface area contributed by atoms with E-state index in [9.17, 15) is 19.5 Å². The maximum atomic E-state index is 14.2. The van der Waals surface area contributed by atoms with Gasteiger partial charge in [0, 0.05) is 30.2 Å². The van der Waals surface area contributed by atoms with E-state index in [4.69, 9.17) is 4.74 Å². The molecule has 0 aromatic heterocycles. The monoisotopic (exact) mass is 548 g/mol. The Kier molecular flexibility index (Phi) is 7.63. The number of amides is 3. The normalized spacial score (nSPS) is 29.3. The zero-order valence-electron chi connectivity index (χ0n) is 23.7. The summed E-state index contributed by atoms with van der Waals surface area (Å²) in [6.07, 6.45) is 1.49. The summed E-state index contributed by atoms with van der Waals surface area (Å²) >= 11 is 0. The molecule has 2 aromatic carbocycles. The molecular weight excluding hydrogens is 508 g/mol. The third kappa shape index (κ3) is 4.45. The van der Waals surface area contributed by atoms with Gasteiger partial charge in [0.1, 0.15) is 11.6 Å². The summed E-state index contributed by atoms with van der Waals surface area (Å²) in [5.41, 5.74) is 0.277. The van der Waals surface area contributed by atoms with Crippen LogP contribution in [0.15, 0.2) is 54.6 Å². The van der Waals surface area contributed by atoms with Gasteiger partial charge in [-0.1, -0.05) is 25.1 Å². The Morgan fingerprint density at radius 1 is 1.00 bits per heavy atom. The average Bonchev–Trinajstić information content (AvgIpc) is 3.52. The zero-order valence-corrected chi connectivity index (χ0v) is 23.7. The second-order valence-electron chi connectivity index (χ2n) is 11.3. The first kappa shape index (κ1) is 28.1. The predicted molar refractivity (Wildman–Crippen MR) is 154 cm³/mol. The van der Waals surface area contributed by atoms with Gasteiger partial charge in [0.05, 0.1) is 30.1 Å². The lowest BCUT2D eigenvalue weighted by atomic mass is 9.66. The first-order valence-corrected chi connectivity index (χ1v) is 14.4. The van der Waals surface area contributed by atoms with Crippen molar-refractivity contribution in [3.05, 3.63) is 54.6 Å². The maximum absolute atomic E-state index is 14.2. The zero-order chi connectivity index (χ0) is 28.7. The van der Waals surface area contributed by atoms with E-state index in [0.29, 0.717) is 30.6 Å². The number of carbonyl (C=O) groups excluding carboxylic acids is 3. The van der Waals surface area contributed by atoms with Crippen molar-refractivity contribution in [1.82, 2.24) is 4.90 Å². The molecular formula is C31H40N4O5. The Morgan fingerprint density at radius 3 is 2.23 bits per heavy atom. The minimum atomic E-state index is -1.15. The molecule has 40 heavy (non-hydrogen) atoms. The summed E-state index contributed by atoms with van der Waals surface area (Å²) < 4.78 is 6.66. The molecule has 2 bridgehead atoms. The highest BCUT2D eigenvalue weighted by Gasteiger charge is 2.78. The van der Waals surface area contributed by atoms with Crippen molar-refractivity contribution in [2.24, 2.45) is 11.8 Å². The lowest BCUT2D eigenvalue weighted by molar-refractivity contribution is -0.146. The second-order valence-corrected chi connectivity index (χ2v) is 11.3. The molecule has 1 spiro atoms. The molecule has 9 heteroatoms. The van der Waals surface area contributed by atoms with Crippen molar-refractivity contribution < 1.29 is 24.2 Å². The van der Waals surface area contributed by atoms with E-state index in [1.165, 1.54) is 4.90 Å². The first-order valence-electron chi connectivity index (χ1n) is 14.4. The number of ether oxygens (including phenoxy) is 1. The number of hydrogen-bond donors (Lipinski definition) is 3. The standard InChI is InChI=1S/C31H40N4O5/c1-5-22(19-36)35-26(28(38)33-21-13-15-23(16-14-21)34(6-2)7-3)31-18-17-30(4,40-31)24(25(31)29(35)39)27(37)32-20-11-9-8-10-12-20/h8-16,22,24-26,36H,5-7,17-19H2,1-4H3,(H,32,37)(H,33,38)/t22-,24+,25-,26?,30-,31?/m0/s1. The molecule has 0 saturated carbocycles. The van der Waals surface area contributed by atoms with Crippen LogP contribution in [0.3, 0.4) is 0 Å². The number of aliphatic hydroxyl groups is 1. The Morgan fingerprint density at radius 2 is 1.62 bits per heavy atom. The minimum Gasteiger partial charge on any atom is -0.394 e. The summed E-state index contributed by atoms with van der Waals surface area (Å²) in [6.45, 7) is 9.40. The molecule has 3 aliphatic rings. The lowest BCUT2D eigenvalue weighted by Gasteiger charge is -2.36. The Labute approximate surface area is 235 Å². The van der Waals surface area contributed by atoms with Crippen LogP contribution in [0.2, 0.25) is 0 Å². The molecule has 0 aliphatic carbocycles. The molecule has 2 aromatic rings. The minimum absolute atomic E-state index is 0.286. The summed E-state index contributed by atoms with van der Waals surface area (Å²) in [6, 6.07) is 15.2. The lowest BCUT2D eigenvalue weighted by Crippen LogP contribution is -2.56. The van der Waals surface area contributed by atoms with Crippen molar-refractivity contribution in [1.29, 1.82) is 0 Å². The summed E-state index contributed by atoms with van der Waals surface area (Å²) in [5.74, 6) is -2.56. The number of rotatable bonds is 10. The molecule has 9 nitrogen and oxygen atoms in total. The molecule has 2 unspecified atom stereocenters. The van der Waals surface area contributed by atoms with E-state index in [1.807, 2.05) is 56.3 Å². The van der Waals surface area contributed by atoms with Gasteiger partial charge in [0.2, 0.25) is 17.7 Å². The van der Waals surface area contributed by atoms with E-state index in [2.05, 4.69) is 29.4 Å². The molecule has 0 radical (unpaired) electrons. The number of likely N-dealkylation sites (tertiary alicyclic amines) is 1. The fraction of sp³-hybridized carbons (Fsp3) is 0.516. The van der Waals surface area contributed by atoms with E-state index in [-0.39, 0.29) is 24.3 Å². The molecule has 214 valence electrons. The summed E-state index contributed by atoms with van der Waals surface area (Å²) in [7, 11) is 0. The number of benzene rings is 2. The van der Waals surface area contributed by atoms with Gasteiger partial charge in [-0.05, 0) is 76.4 Å². The number of hydrogen-bond acceptors (Lipinski definition) is 6. The highest BCUT2D eigenvalue weighted by molar-refractivity contribution is 6.05. The number of nitrogens with one attached hydrogen (secondary N) is 2. The van der Waals surface area contributed by atoms with Crippen LogP contribution >= 0.6 is 0 Å². The smallest absolute Gasteiger partial charge is 0.250 e. The van der Waals surface area contributed by atoms with Gasteiger partial charge >= 0.3 is 0 Å². The summed E-state index contributed by atoms with van der Waals surface area (Å²) in [5, 5.41) is 16.2. The van der Waals surface area contributed by atoms with E-state index >= 15 is 0 Å². The Bertz CT molecular complexity index is 1250. The van der Waals surface area contributed by atoms with Crippen molar-refractivity contribution in [3.63, 3.8) is 0 Å². The molecule has 6 atom stereocenters.